The number of hydrogen-bond acceptors (Lipinski definition) is 3. The van der Waals surface area contributed by atoms with Crippen molar-refractivity contribution >= 4 is 23.2 Å². The van der Waals surface area contributed by atoms with E-state index in [1.807, 2.05) is 12.1 Å². The summed E-state index contributed by atoms with van der Waals surface area (Å²) in [5.74, 6) is 1.54. The summed E-state index contributed by atoms with van der Waals surface area (Å²) in [6.45, 7) is 4.74. The van der Waals surface area contributed by atoms with Gasteiger partial charge in [-0.25, -0.2) is 0 Å². The van der Waals surface area contributed by atoms with Crippen molar-refractivity contribution in [1.82, 2.24) is 0 Å². The zero-order chi connectivity index (χ0) is 16.7. The van der Waals surface area contributed by atoms with Crippen LogP contribution in [0.5, 0.6) is 11.5 Å². The smallest absolute Gasteiger partial charge is 0.262 e. The van der Waals surface area contributed by atoms with E-state index in [1.165, 1.54) is 0 Å². The SMILES string of the molecule is CC(C)COc1cccc(OCC(=O)Nc2ccc(Cl)cc2)c1. The van der Waals surface area contributed by atoms with E-state index in [0.717, 1.165) is 5.75 Å². The van der Waals surface area contributed by atoms with Crippen LogP contribution in [0.3, 0.4) is 0 Å². The molecule has 0 aliphatic rings. The maximum atomic E-state index is 11.9. The number of amides is 1. The average Bonchev–Trinajstić information content (AvgIpc) is 2.54. The normalized spacial score (nSPS) is 10.4. The predicted octanol–water partition coefficient (Wildman–Crippen LogP) is 4.39. The minimum atomic E-state index is -0.235. The van der Waals surface area contributed by atoms with Crippen LogP contribution in [-0.4, -0.2) is 19.1 Å². The van der Waals surface area contributed by atoms with Gasteiger partial charge in [-0.2, -0.15) is 0 Å². The summed E-state index contributed by atoms with van der Waals surface area (Å²) in [6.07, 6.45) is 0. The number of anilines is 1. The Hall–Kier alpha value is -2.20. The van der Waals surface area contributed by atoms with Gasteiger partial charge in [-0.05, 0) is 42.3 Å². The lowest BCUT2D eigenvalue weighted by Gasteiger charge is -2.11. The van der Waals surface area contributed by atoms with Gasteiger partial charge in [0.1, 0.15) is 11.5 Å². The first-order chi connectivity index (χ1) is 11.0. The first kappa shape index (κ1) is 17.2. The molecular weight excluding hydrogens is 314 g/mol. The van der Waals surface area contributed by atoms with Gasteiger partial charge in [0.25, 0.3) is 5.91 Å². The fraction of sp³-hybridized carbons (Fsp3) is 0.278. The largest absolute Gasteiger partial charge is 0.493 e. The van der Waals surface area contributed by atoms with Gasteiger partial charge in [0.2, 0.25) is 0 Å². The third-order valence-corrected chi connectivity index (χ3v) is 3.14. The highest BCUT2D eigenvalue weighted by Gasteiger charge is 2.05. The first-order valence-electron chi connectivity index (χ1n) is 7.44. The second kappa shape index (κ2) is 8.44. The van der Waals surface area contributed by atoms with Crippen LogP contribution in [0, 0.1) is 5.92 Å². The quantitative estimate of drug-likeness (QED) is 0.817. The lowest BCUT2D eigenvalue weighted by Crippen LogP contribution is -2.20. The van der Waals surface area contributed by atoms with Crippen molar-refractivity contribution in [2.45, 2.75) is 13.8 Å². The molecule has 4 nitrogen and oxygen atoms in total. The summed E-state index contributed by atoms with van der Waals surface area (Å²) in [4.78, 5) is 11.9. The number of carbonyl (C=O) groups is 1. The second-order valence-electron chi connectivity index (χ2n) is 5.52. The van der Waals surface area contributed by atoms with Gasteiger partial charge in [0.05, 0.1) is 6.61 Å². The Morgan fingerprint density at radius 1 is 1.09 bits per heavy atom. The van der Waals surface area contributed by atoms with Gasteiger partial charge >= 0.3 is 0 Å². The summed E-state index contributed by atoms with van der Waals surface area (Å²) in [7, 11) is 0. The van der Waals surface area contributed by atoms with Crippen LogP contribution in [0.25, 0.3) is 0 Å². The molecule has 0 saturated heterocycles. The van der Waals surface area contributed by atoms with E-state index >= 15 is 0 Å². The van der Waals surface area contributed by atoms with E-state index in [4.69, 9.17) is 21.1 Å². The highest BCUT2D eigenvalue weighted by atomic mass is 35.5. The highest BCUT2D eigenvalue weighted by Crippen LogP contribution is 2.20. The van der Waals surface area contributed by atoms with Gasteiger partial charge in [-0.3, -0.25) is 4.79 Å². The van der Waals surface area contributed by atoms with Crippen LogP contribution in [0.15, 0.2) is 48.5 Å². The first-order valence-corrected chi connectivity index (χ1v) is 7.82. The van der Waals surface area contributed by atoms with E-state index in [0.29, 0.717) is 29.0 Å². The Morgan fingerprint density at radius 3 is 2.39 bits per heavy atom. The minimum absolute atomic E-state index is 0.0732. The maximum Gasteiger partial charge on any atom is 0.262 e. The van der Waals surface area contributed by atoms with Crippen molar-refractivity contribution in [3.63, 3.8) is 0 Å². The lowest BCUT2D eigenvalue weighted by atomic mass is 10.2. The number of halogens is 1. The summed E-state index contributed by atoms with van der Waals surface area (Å²) < 4.78 is 11.1. The molecule has 0 aliphatic carbocycles. The van der Waals surface area contributed by atoms with Crippen molar-refractivity contribution < 1.29 is 14.3 Å². The van der Waals surface area contributed by atoms with E-state index in [-0.39, 0.29) is 12.5 Å². The molecule has 0 spiro atoms. The Balaban J connectivity index is 1.84. The van der Waals surface area contributed by atoms with Crippen LogP contribution in [0.4, 0.5) is 5.69 Å². The molecule has 2 aromatic rings. The molecule has 0 heterocycles. The van der Waals surface area contributed by atoms with Crippen LogP contribution >= 0.6 is 11.6 Å². The molecule has 1 N–H and O–H groups in total. The standard InChI is InChI=1S/C18H20ClNO3/c1-13(2)11-22-16-4-3-5-17(10-16)23-12-18(21)20-15-8-6-14(19)7-9-15/h3-10,13H,11-12H2,1-2H3,(H,20,21). The van der Waals surface area contributed by atoms with E-state index in [2.05, 4.69) is 19.2 Å². The predicted molar refractivity (Wildman–Crippen MR) is 92.4 cm³/mol. The topological polar surface area (TPSA) is 47.6 Å². The number of carbonyl (C=O) groups excluding carboxylic acids is 1. The molecule has 5 heteroatoms. The fourth-order valence-electron chi connectivity index (χ4n) is 1.80. The van der Waals surface area contributed by atoms with Crippen molar-refractivity contribution in [3.8, 4) is 11.5 Å². The molecule has 0 aliphatic heterocycles. The third-order valence-electron chi connectivity index (χ3n) is 2.89. The van der Waals surface area contributed by atoms with Crippen molar-refractivity contribution in [2.24, 2.45) is 5.92 Å². The molecule has 0 atom stereocenters. The van der Waals surface area contributed by atoms with Gasteiger partial charge in [0, 0.05) is 16.8 Å². The Morgan fingerprint density at radius 2 is 1.74 bits per heavy atom. The monoisotopic (exact) mass is 333 g/mol. The van der Waals surface area contributed by atoms with Gasteiger partial charge in [0.15, 0.2) is 6.61 Å². The molecule has 0 saturated carbocycles. The summed E-state index contributed by atoms with van der Waals surface area (Å²) in [5, 5.41) is 3.36. The second-order valence-corrected chi connectivity index (χ2v) is 5.96. The fourth-order valence-corrected chi connectivity index (χ4v) is 1.92. The van der Waals surface area contributed by atoms with Crippen LogP contribution < -0.4 is 14.8 Å². The minimum Gasteiger partial charge on any atom is -0.493 e. The molecule has 122 valence electrons. The summed E-state index contributed by atoms with van der Waals surface area (Å²) in [6, 6.07) is 14.2. The lowest BCUT2D eigenvalue weighted by molar-refractivity contribution is -0.118. The average molecular weight is 334 g/mol. The van der Waals surface area contributed by atoms with Crippen LogP contribution in [-0.2, 0) is 4.79 Å². The third kappa shape index (κ3) is 6.20. The zero-order valence-electron chi connectivity index (χ0n) is 13.2. The Kier molecular flexibility index (Phi) is 6.29. The summed E-state index contributed by atoms with van der Waals surface area (Å²) >= 11 is 5.80. The van der Waals surface area contributed by atoms with Gasteiger partial charge < -0.3 is 14.8 Å². The molecular formula is C18H20ClNO3. The number of ether oxygens (including phenoxy) is 2. The van der Waals surface area contributed by atoms with Gasteiger partial charge in [-0.15, -0.1) is 0 Å². The molecule has 0 unspecified atom stereocenters. The van der Waals surface area contributed by atoms with Gasteiger partial charge in [-0.1, -0.05) is 31.5 Å². The van der Waals surface area contributed by atoms with Crippen molar-refractivity contribution in [2.75, 3.05) is 18.5 Å². The zero-order valence-corrected chi connectivity index (χ0v) is 14.0. The van der Waals surface area contributed by atoms with Crippen molar-refractivity contribution in [3.05, 3.63) is 53.6 Å². The molecule has 0 aromatic heterocycles. The Bertz CT molecular complexity index is 641. The van der Waals surface area contributed by atoms with Crippen molar-refractivity contribution in [1.29, 1.82) is 0 Å². The summed E-state index contributed by atoms with van der Waals surface area (Å²) in [5.41, 5.74) is 0.678. The molecule has 0 radical (unpaired) electrons. The van der Waals surface area contributed by atoms with E-state index in [1.54, 1.807) is 36.4 Å². The molecule has 2 rings (SSSR count). The maximum absolute atomic E-state index is 11.9. The number of rotatable bonds is 7. The Labute approximate surface area is 141 Å². The van der Waals surface area contributed by atoms with Crippen LogP contribution in [0.1, 0.15) is 13.8 Å². The molecule has 2 aromatic carbocycles. The van der Waals surface area contributed by atoms with E-state index in [9.17, 15) is 4.79 Å². The highest BCUT2D eigenvalue weighted by molar-refractivity contribution is 6.30. The number of nitrogens with one attached hydrogen (secondary N) is 1. The van der Waals surface area contributed by atoms with E-state index < -0.39 is 0 Å². The number of benzene rings is 2. The molecule has 0 fully saturated rings. The molecule has 1 amide bonds. The molecule has 0 bridgehead atoms. The van der Waals surface area contributed by atoms with Crippen LogP contribution in [0.2, 0.25) is 5.02 Å². The molecule has 23 heavy (non-hydrogen) atoms. The number of hydrogen-bond donors (Lipinski definition) is 1.